The van der Waals surface area contributed by atoms with Crippen molar-refractivity contribution in [3.8, 4) is 0 Å². The summed E-state index contributed by atoms with van der Waals surface area (Å²) < 4.78 is 10.6. The summed E-state index contributed by atoms with van der Waals surface area (Å²) in [5.74, 6) is 0.350. The van der Waals surface area contributed by atoms with Crippen LogP contribution >= 0.6 is 0 Å². The van der Waals surface area contributed by atoms with E-state index in [4.69, 9.17) is 17.3 Å². The Bertz CT molecular complexity index is 164. The Kier molecular flexibility index (Phi) is 1.70. The number of hydrogen-bond acceptors (Lipinski definition) is 3. The van der Waals surface area contributed by atoms with Crippen molar-refractivity contribution < 1.29 is 14.6 Å². The first-order valence-electron chi connectivity index (χ1n) is 3.91. The van der Waals surface area contributed by atoms with Gasteiger partial charge in [-0.25, -0.2) is 0 Å². The third-order valence-corrected chi connectivity index (χ3v) is 2.42. The van der Waals surface area contributed by atoms with E-state index in [-0.39, 0.29) is 12.2 Å². The second kappa shape index (κ2) is 2.47. The molecule has 2 rings (SSSR count). The van der Waals surface area contributed by atoms with Crippen LogP contribution in [-0.4, -0.2) is 43.9 Å². The number of ether oxygens (including phenoxy) is 2. The van der Waals surface area contributed by atoms with Crippen molar-refractivity contribution in [2.24, 2.45) is 5.92 Å². The molecule has 2 heterocycles. The first-order valence-corrected chi connectivity index (χ1v) is 3.91. The first kappa shape index (κ1) is 7.59. The Morgan fingerprint density at radius 3 is 2.82 bits per heavy atom. The molecule has 1 unspecified atom stereocenters. The molecule has 2 aliphatic heterocycles. The summed E-state index contributed by atoms with van der Waals surface area (Å²) in [6.07, 6.45) is -0.843. The maximum atomic E-state index is 9.41. The number of aliphatic hydroxyl groups excluding tert-OH is 1. The smallest absolute Gasteiger partial charge is 0.112 e. The molecule has 60 valence electrons. The molecule has 2 radical (unpaired) electrons. The highest BCUT2D eigenvalue weighted by Gasteiger charge is 2.48. The highest BCUT2D eigenvalue weighted by Crippen LogP contribution is 2.33. The van der Waals surface area contributed by atoms with Crippen LogP contribution in [-0.2, 0) is 9.47 Å². The van der Waals surface area contributed by atoms with Crippen LogP contribution in [0.25, 0.3) is 0 Å². The van der Waals surface area contributed by atoms with Crippen molar-refractivity contribution in [3.05, 3.63) is 0 Å². The molecule has 2 aliphatic rings. The zero-order chi connectivity index (χ0) is 8.01. The molecule has 0 saturated carbocycles. The largest absolute Gasteiger partial charge is 0.388 e. The fourth-order valence-electron chi connectivity index (χ4n) is 1.73. The molecule has 0 aromatic heterocycles. The van der Waals surface area contributed by atoms with Gasteiger partial charge in [-0.2, -0.15) is 0 Å². The van der Waals surface area contributed by atoms with Crippen LogP contribution in [0, 0.1) is 5.92 Å². The average molecular weight is 154 g/mol. The predicted molar refractivity (Wildman–Crippen MR) is 39.3 cm³/mol. The van der Waals surface area contributed by atoms with Gasteiger partial charge in [0.05, 0.1) is 12.7 Å². The fraction of sp³-hybridized carbons (Fsp3) is 1.00. The quantitative estimate of drug-likeness (QED) is 0.467. The lowest BCUT2D eigenvalue weighted by Gasteiger charge is -2.12. The van der Waals surface area contributed by atoms with E-state index >= 15 is 0 Å². The van der Waals surface area contributed by atoms with Crippen LogP contribution in [0.4, 0.5) is 0 Å². The Morgan fingerprint density at radius 2 is 2.18 bits per heavy atom. The summed E-state index contributed by atoms with van der Waals surface area (Å²) in [5, 5.41) is 9.41. The van der Waals surface area contributed by atoms with Gasteiger partial charge < -0.3 is 14.6 Å². The van der Waals surface area contributed by atoms with Gasteiger partial charge in [-0.3, -0.25) is 0 Å². The maximum Gasteiger partial charge on any atom is 0.112 e. The van der Waals surface area contributed by atoms with Gasteiger partial charge in [-0.05, 0) is 0 Å². The van der Waals surface area contributed by atoms with Gasteiger partial charge in [0, 0.05) is 11.9 Å². The van der Waals surface area contributed by atoms with Crippen LogP contribution in [0.5, 0.6) is 0 Å². The summed E-state index contributed by atoms with van der Waals surface area (Å²) in [6.45, 7) is 2.70. The van der Waals surface area contributed by atoms with Crippen LogP contribution in [0.3, 0.4) is 0 Å². The molecule has 2 fully saturated rings. The van der Waals surface area contributed by atoms with E-state index in [1.807, 2.05) is 6.92 Å². The van der Waals surface area contributed by atoms with Crippen molar-refractivity contribution in [1.82, 2.24) is 0 Å². The topological polar surface area (TPSA) is 38.7 Å². The lowest BCUT2D eigenvalue weighted by atomic mass is 9.92. The highest BCUT2D eigenvalue weighted by atomic mass is 16.6. The lowest BCUT2D eigenvalue weighted by Crippen LogP contribution is -2.31. The molecule has 0 bridgehead atoms. The van der Waals surface area contributed by atoms with Crippen molar-refractivity contribution in [1.29, 1.82) is 0 Å². The predicted octanol–water partition coefficient (Wildman–Crippen LogP) is -0.724. The highest BCUT2D eigenvalue weighted by molar-refractivity contribution is 6.11. The molecule has 11 heavy (non-hydrogen) atoms. The van der Waals surface area contributed by atoms with Gasteiger partial charge in [0.2, 0.25) is 0 Å². The van der Waals surface area contributed by atoms with Gasteiger partial charge in [-0.15, -0.1) is 0 Å². The average Bonchev–Trinajstić information content (AvgIpc) is 2.43. The van der Waals surface area contributed by atoms with Crippen molar-refractivity contribution in [2.45, 2.75) is 31.2 Å². The van der Waals surface area contributed by atoms with E-state index in [0.29, 0.717) is 12.5 Å². The standard InChI is InChI=1S/C7H11BO3/c1-3-2-10-6-4(9)7(8)11-5(3)6/h3-7,9H,2H2,1H3/t3-,4-,5?,6-,7-/m1/s1. The van der Waals surface area contributed by atoms with E-state index < -0.39 is 12.1 Å². The molecular formula is C7H11BO3. The van der Waals surface area contributed by atoms with Crippen LogP contribution in [0.2, 0.25) is 0 Å². The molecule has 1 N–H and O–H groups in total. The second-order valence-corrected chi connectivity index (χ2v) is 3.33. The maximum absolute atomic E-state index is 9.41. The van der Waals surface area contributed by atoms with Gasteiger partial charge in [0.15, 0.2) is 0 Å². The van der Waals surface area contributed by atoms with Crippen molar-refractivity contribution >= 4 is 7.85 Å². The van der Waals surface area contributed by atoms with Gasteiger partial charge in [0.1, 0.15) is 20.1 Å². The zero-order valence-corrected chi connectivity index (χ0v) is 6.43. The van der Waals surface area contributed by atoms with Crippen LogP contribution < -0.4 is 0 Å². The normalized spacial score (nSPS) is 56.4. The zero-order valence-electron chi connectivity index (χ0n) is 6.43. The minimum atomic E-state index is -0.648. The Balaban J connectivity index is 2.12. The third-order valence-electron chi connectivity index (χ3n) is 2.42. The third kappa shape index (κ3) is 1.01. The number of aliphatic hydroxyl groups is 1. The van der Waals surface area contributed by atoms with Gasteiger partial charge in [0.25, 0.3) is 0 Å². The first-order chi connectivity index (χ1) is 5.20. The Hall–Kier alpha value is -0.0551. The Labute approximate surface area is 67.1 Å². The summed E-state index contributed by atoms with van der Waals surface area (Å²) in [6, 6.07) is -0.562. The van der Waals surface area contributed by atoms with Crippen molar-refractivity contribution in [2.75, 3.05) is 6.61 Å². The van der Waals surface area contributed by atoms with Crippen LogP contribution in [0.1, 0.15) is 6.92 Å². The molecule has 2 saturated heterocycles. The summed E-state index contributed by atoms with van der Waals surface area (Å²) in [5.41, 5.74) is 0. The van der Waals surface area contributed by atoms with E-state index in [1.54, 1.807) is 0 Å². The summed E-state index contributed by atoms with van der Waals surface area (Å²) in [7, 11) is 5.48. The number of fused-ring (bicyclic) bond motifs is 1. The number of hydrogen-bond donors (Lipinski definition) is 1. The summed E-state index contributed by atoms with van der Waals surface area (Å²) in [4.78, 5) is 0. The molecule has 5 atom stereocenters. The van der Waals surface area contributed by atoms with E-state index in [1.165, 1.54) is 0 Å². The minimum Gasteiger partial charge on any atom is -0.388 e. The summed E-state index contributed by atoms with van der Waals surface area (Å²) >= 11 is 0. The molecule has 0 aromatic carbocycles. The van der Waals surface area contributed by atoms with Gasteiger partial charge in [-0.1, -0.05) is 6.92 Å². The lowest BCUT2D eigenvalue weighted by molar-refractivity contribution is 0.00946. The fourth-order valence-corrected chi connectivity index (χ4v) is 1.73. The second-order valence-electron chi connectivity index (χ2n) is 3.33. The molecule has 0 spiro atoms. The molecule has 0 aliphatic carbocycles. The van der Waals surface area contributed by atoms with E-state index in [2.05, 4.69) is 0 Å². The van der Waals surface area contributed by atoms with E-state index in [9.17, 15) is 5.11 Å². The molecule has 0 amide bonds. The molecule has 0 aromatic rings. The van der Waals surface area contributed by atoms with Gasteiger partial charge >= 0.3 is 0 Å². The minimum absolute atomic E-state index is 0.000000000000000222. The Morgan fingerprint density at radius 1 is 1.45 bits per heavy atom. The SMILES string of the molecule is [B][C@@H]1OC2[C@H](C)CO[C@@H]2[C@H]1O. The van der Waals surface area contributed by atoms with Crippen LogP contribution in [0.15, 0.2) is 0 Å². The van der Waals surface area contributed by atoms with E-state index in [0.717, 1.165) is 0 Å². The molecular weight excluding hydrogens is 143 g/mol. The number of rotatable bonds is 0. The monoisotopic (exact) mass is 154 g/mol. The molecule has 4 heteroatoms. The van der Waals surface area contributed by atoms with Crippen molar-refractivity contribution in [3.63, 3.8) is 0 Å². The molecule has 3 nitrogen and oxygen atoms in total.